The van der Waals surface area contributed by atoms with Crippen molar-refractivity contribution >= 4 is 11.7 Å². The van der Waals surface area contributed by atoms with Crippen LogP contribution in [0.3, 0.4) is 0 Å². The molecule has 0 aliphatic carbocycles. The highest BCUT2D eigenvalue weighted by Crippen LogP contribution is 2.28. The highest BCUT2D eigenvalue weighted by Gasteiger charge is 2.27. The first kappa shape index (κ1) is 19.9. The number of aliphatic imine (C=N–C) groups is 1. The van der Waals surface area contributed by atoms with Crippen molar-refractivity contribution < 1.29 is 14.3 Å². The van der Waals surface area contributed by atoms with Gasteiger partial charge >= 0.3 is 0 Å². The van der Waals surface area contributed by atoms with Crippen molar-refractivity contribution in [3.05, 3.63) is 47.8 Å². The zero-order valence-electron chi connectivity index (χ0n) is 17.2. The fourth-order valence-corrected chi connectivity index (χ4v) is 3.08. The Morgan fingerprint density at radius 1 is 1.21 bits per heavy atom. The minimum atomic E-state index is 0.442. The van der Waals surface area contributed by atoms with Crippen LogP contribution in [0.1, 0.15) is 32.3 Å². The van der Waals surface area contributed by atoms with Crippen LogP contribution in [-0.2, 0) is 11.4 Å². The number of rotatable bonds is 6. The number of fused-ring (bicyclic) bond motifs is 1. The van der Waals surface area contributed by atoms with E-state index in [0.29, 0.717) is 12.5 Å². The van der Waals surface area contributed by atoms with Crippen LogP contribution in [0.15, 0.2) is 52.3 Å². The van der Waals surface area contributed by atoms with Crippen LogP contribution < -0.4 is 9.47 Å². The van der Waals surface area contributed by atoms with E-state index in [-0.39, 0.29) is 0 Å². The molecule has 2 aliphatic rings. The highest BCUT2D eigenvalue weighted by molar-refractivity contribution is 6.07. The van der Waals surface area contributed by atoms with Crippen molar-refractivity contribution in [1.29, 1.82) is 0 Å². The molecule has 0 bridgehead atoms. The monoisotopic (exact) mass is 384 g/mol. The van der Waals surface area contributed by atoms with Crippen LogP contribution in [-0.4, -0.2) is 43.1 Å². The molecule has 1 atom stereocenters. The van der Waals surface area contributed by atoms with Crippen LogP contribution in [0.5, 0.6) is 11.5 Å². The predicted octanol–water partition coefficient (Wildman–Crippen LogP) is 3.94. The van der Waals surface area contributed by atoms with E-state index in [2.05, 4.69) is 24.2 Å². The van der Waals surface area contributed by atoms with Crippen molar-refractivity contribution in [1.82, 2.24) is 10.1 Å². The summed E-state index contributed by atoms with van der Waals surface area (Å²) in [4.78, 5) is 10.5. The molecule has 1 aromatic rings. The number of methoxy groups -OCH3 is 2. The molecule has 0 fully saturated rings. The summed E-state index contributed by atoms with van der Waals surface area (Å²) in [6.45, 7) is 4.70. The average molecular weight is 384 g/mol. The molecular formula is C21H28N4O3. The van der Waals surface area contributed by atoms with Gasteiger partial charge in [-0.2, -0.15) is 5.10 Å². The quantitative estimate of drug-likeness (QED) is 0.695. The van der Waals surface area contributed by atoms with E-state index in [9.17, 15) is 0 Å². The van der Waals surface area contributed by atoms with Gasteiger partial charge in [0.05, 0.1) is 27.9 Å². The van der Waals surface area contributed by atoms with Crippen LogP contribution >= 0.6 is 0 Å². The average Bonchev–Trinajstić information content (AvgIpc) is 2.92. The first-order valence-corrected chi connectivity index (χ1v) is 9.46. The molecule has 1 unspecified atom stereocenters. The molecule has 2 heterocycles. The molecule has 0 amide bonds. The lowest BCUT2D eigenvalue weighted by molar-refractivity contribution is -0.0730. The summed E-state index contributed by atoms with van der Waals surface area (Å²) in [5, 5.41) is 8.30. The largest absolute Gasteiger partial charge is 0.497 e. The van der Waals surface area contributed by atoms with Gasteiger partial charge in [0.1, 0.15) is 17.2 Å². The number of allylic oxidation sites excluding steroid dienone is 2. The third-order valence-corrected chi connectivity index (χ3v) is 4.75. The molecule has 0 saturated carbocycles. The maximum absolute atomic E-state index is 5.73. The number of hydroxylamine groups is 2. The van der Waals surface area contributed by atoms with Crippen LogP contribution in [0.2, 0.25) is 0 Å². The summed E-state index contributed by atoms with van der Waals surface area (Å²) in [5.74, 6) is 3.43. The minimum absolute atomic E-state index is 0.442. The summed E-state index contributed by atoms with van der Waals surface area (Å²) in [6.07, 6.45) is 7.99. The van der Waals surface area contributed by atoms with Gasteiger partial charge < -0.3 is 9.47 Å². The molecule has 1 aromatic carbocycles. The number of hydrazone groups is 1. The van der Waals surface area contributed by atoms with Crippen LogP contribution in [0.4, 0.5) is 0 Å². The zero-order chi connectivity index (χ0) is 20.1. The van der Waals surface area contributed by atoms with E-state index in [1.807, 2.05) is 36.3 Å². The van der Waals surface area contributed by atoms with Gasteiger partial charge in [0.15, 0.2) is 11.7 Å². The van der Waals surface area contributed by atoms with Crippen molar-refractivity contribution in [3.8, 4) is 11.5 Å². The minimum Gasteiger partial charge on any atom is -0.497 e. The molecule has 0 spiro atoms. The van der Waals surface area contributed by atoms with Gasteiger partial charge in [-0.05, 0) is 24.5 Å². The molecule has 0 N–H and O–H groups in total. The Bertz CT molecular complexity index is 829. The Balaban J connectivity index is 1.95. The van der Waals surface area contributed by atoms with Gasteiger partial charge in [-0.1, -0.05) is 26.0 Å². The molecule has 28 heavy (non-hydrogen) atoms. The Hall–Kier alpha value is -2.80. The SMILES string of the molecule is CCC1=NN2C=CC(C)CC=C2C(N(Cc2ccc(OC)cc2OC)OC)=N1. The molecule has 0 saturated heterocycles. The fraction of sp³-hybridized carbons (Fsp3) is 0.429. The first-order valence-electron chi connectivity index (χ1n) is 9.46. The topological polar surface area (TPSA) is 58.9 Å². The Morgan fingerprint density at radius 3 is 2.71 bits per heavy atom. The van der Waals surface area contributed by atoms with Gasteiger partial charge in [-0.3, -0.25) is 4.84 Å². The van der Waals surface area contributed by atoms with E-state index < -0.39 is 0 Å². The maximum atomic E-state index is 5.73. The molecular weight excluding hydrogens is 356 g/mol. The van der Waals surface area contributed by atoms with Crippen molar-refractivity contribution in [2.24, 2.45) is 16.0 Å². The number of hydrogen-bond acceptors (Lipinski definition) is 7. The van der Waals surface area contributed by atoms with Crippen LogP contribution in [0, 0.1) is 5.92 Å². The van der Waals surface area contributed by atoms with Crippen molar-refractivity contribution in [2.45, 2.75) is 33.2 Å². The molecule has 2 aliphatic heterocycles. The molecule has 0 aromatic heterocycles. The normalized spacial score (nSPS) is 18.5. The van der Waals surface area contributed by atoms with Gasteiger partial charge in [-0.25, -0.2) is 15.1 Å². The molecule has 150 valence electrons. The number of ether oxygens (including phenoxy) is 2. The van der Waals surface area contributed by atoms with Gasteiger partial charge in [0, 0.05) is 24.3 Å². The second-order valence-electron chi connectivity index (χ2n) is 6.69. The highest BCUT2D eigenvalue weighted by atomic mass is 16.7. The maximum Gasteiger partial charge on any atom is 0.180 e. The summed E-state index contributed by atoms with van der Waals surface area (Å²) in [5.41, 5.74) is 1.89. The molecule has 7 nitrogen and oxygen atoms in total. The molecule has 3 rings (SSSR count). The lowest BCUT2D eigenvalue weighted by Gasteiger charge is -2.31. The van der Waals surface area contributed by atoms with E-state index in [4.69, 9.17) is 19.3 Å². The standard InChI is InChI=1S/C21H28N4O3/c1-6-20-22-21(18-10-7-15(2)11-12-24(18)23-20)25(28-5)14-16-8-9-17(26-3)13-19(16)27-4/h8-13,15H,6-7,14H2,1-5H3. The summed E-state index contributed by atoms with van der Waals surface area (Å²) in [6, 6.07) is 5.75. The lowest BCUT2D eigenvalue weighted by atomic mass is 10.1. The van der Waals surface area contributed by atoms with Gasteiger partial charge in [0.2, 0.25) is 0 Å². The van der Waals surface area contributed by atoms with E-state index in [1.165, 1.54) is 0 Å². The molecule has 0 radical (unpaired) electrons. The number of nitrogens with zero attached hydrogens (tertiary/aromatic N) is 4. The van der Waals surface area contributed by atoms with Gasteiger partial charge in [-0.15, -0.1) is 0 Å². The smallest absolute Gasteiger partial charge is 0.180 e. The summed E-state index contributed by atoms with van der Waals surface area (Å²) in [7, 11) is 4.94. The Morgan fingerprint density at radius 2 is 2.04 bits per heavy atom. The first-order chi connectivity index (χ1) is 13.6. The summed E-state index contributed by atoms with van der Waals surface area (Å²) < 4.78 is 10.8. The Labute approximate surface area is 166 Å². The Kier molecular flexibility index (Phi) is 6.36. The molecule has 7 heteroatoms. The predicted molar refractivity (Wildman–Crippen MR) is 110 cm³/mol. The number of benzene rings is 1. The second kappa shape index (κ2) is 8.93. The third kappa shape index (κ3) is 4.20. The van der Waals surface area contributed by atoms with E-state index in [1.54, 1.807) is 26.4 Å². The zero-order valence-corrected chi connectivity index (χ0v) is 17.2. The van der Waals surface area contributed by atoms with E-state index >= 15 is 0 Å². The summed E-state index contributed by atoms with van der Waals surface area (Å²) >= 11 is 0. The van der Waals surface area contributed by atoms with Gasteiger partial charge in [0.25, 0.3) is 0 Å². The lowest BCUT2D eigenvalue weighted by Crippen LogP contribution is -2.38. The van der Waals surface area contributed by atoms with Crippen molar-refractivity contribution in [3.63, 3.8) is 0 Å². The fourth-order valence-electron chi connectivity index (χ4n) is 3.08. The number of hydrogen-bond donors (Lipinski definition) is 0. The van der Waals surface area contributed by atoms with E-state index in [0.717, 1.165) is 47.3 Å². The van der Waals surface area contributed by atoms with Crippen LogP contribution in [0.25, 0.3) is 0 Å². The number of amidine groups is 2. The van der Waals surface area contributed by atoms with Crippen molar-refractivity contribution in [2.75, 3.05) is 21.3 Å². The third-order valence-electron chi connectivity index (χ3n) is 4.75. The second-order valence-corrected chi connectivity index (χ2v) is 6.69.